The monoisotopic (exact) mass is 435 g/mol. The van der Waals surface area contributed by atoms with E-state index >= 15 is 0 Å². The molecule has 0 unspecified atom stereocenters. The van der Waals surface area contributed by atoms with Gasteiger partial charge in [-0.3, -0.25) is 15.0 Å². The van der Waals surface area contributed by atoms with E-state index in [2.05, 4.69) is 10.4 Å². The summed E-state index contributed by atoms with van der Waals surface area (Å²) in [5, 5.41) is 0.524. The van der Waals surface area contributed by atoms with Crippen LogP contribution in [0.1, 0.15) is 16.0 Å². The van der Waals surface area contributed by atoms with E-state index in [9.17, 15) is 9.59 Å². The van der Waals surface area contributed by atoms with E-state index in [4.69, 9.17) is 9.47 Å². The third-order valence-corrected chi connectivity index (χ3v) is 5.90. The molecule has 0 radical (unpaired) electrons. The Morgan fingerprint density at radius 2 is 1.61 bits per heavy atom. The number of hydrogen-bond donors (Lipinski definition) is 1. The standard InChI is InChI=1S/C23H21N3O4S/c1-14-4-6-18(7-5-14)30-19-10-8-17(9-11-19)29-12-20(27)25-26-13-24-22-21(23(26)28)15(2)16(3)31-22/h4-11,13H,12H2,1-3H3,(H,25,27). The Labute approximate surface area is 182 Å². The molecule has 0 aliphatic rings. The van der Waals surface area contributed by atoms with Crippen molar-refractivity contribution in [3.8, 4) is 17.2 Å². The Morgan fingerprint density at radius 3 is 2.29 bits per heavy atom. The zero-order valence-electron chi connectivity index (χ0n) is 17.3. The highest BCUT2D eigenvalue weighted by Gasteiger charge is 2.13. The summed E-state index contributed by atoms with van der Waals surface area (Å²) in [5.74, 6) is 1.45. The first kappa shape index (κ1) is 20.6. The summed E-state index contributed by atoms with van der Waals surface area (Å²) < 4.78 is 12.4. The molecule has 8 heteroatoms. The Balaban J connectivity index is 1.36. The molecule has 0 atom stereocenters. The zero-order valence-corrected chi connectivity index (χ0v) is 18.2. The van der Waals surface area contributed by atoms with Gasteiger partial charge in [-0.2, -0.15) is 0 Å². The Hall–Kier alpha value is -3.65. The van der Waals surface area contributed by atoms with Gasteiger partial charge in [-0.25, -0.2) is 9.66 Å². The van der Waals surface area contributed by atoms with Crippen LogP contribution in [0.4, 0.5) is 0 Å². The second-order valence-corrected chi connectivity index (χ2v) is 8.30. The largest absolute Gasteiger partial charge is 0.484 e. The fourth-order valence-electron chi connectivity index (χ4n) is 2.98. The maximum absolute atomic E-state index is 12.6. The van der Waals surface area contributed by atoms with Crippen molar-refractivity contribution < 1.29 is 14.3 Å². The van der Waals surface area contributed by atoms with Crippen LogP contribution in [0.3, 0.4) is 0 Å². The highest BCUT2D eigenvalue weighted by Crippen LogP contribution is 2.25. The molecule has 1 N–H and O–H groups in total. The van der Waals surface area contributed by atoms with Crippen LogP contribution >= 0.6 is 11.3 Å². The zero-order chi connectivity index (χ0) is 22.0. The van der Waals surface area contributed by atoms with E-state index in [1.165, 1.54) is 17.7 Å². The maximum atomic E-state index is 12.6. The van der Waals surface area contributed by atoms with E-state index in [1.54, 1.807) is 24.3 Å². The van der Waals surface area contributed by atoms with Crippen LogP contribution in [-0.4, -0.2) is 22.2 Å². The van der Waals surface area contributed by atoms with Crippen LogP contribution < -0.4 is 20.5 Å². The lowest BCUT2D eigenvalue weighted by Crippen LogP contribution is -2.35. The molecule has 4 aromatic rings. The normalized spacial score (nSPS) is 10.8. The molecule has 7 nitrogen and oxygen atoms in total. The number of amides is 1. The first-order chi connectivity index (χ1) is 14.9. The lowest BCUT2D eigenvalue weighted by molar-refractivity contribution is -0.119. The molecule has 0 aliphatic carbocycles. The van der Waals surface area contributed by atoms with Gasteiger partial charge in [0.2, 0.25) is 0 Å². The number of carbonyl (C=O) groups is 1. The summed E-state index contributed by atoms with van der Waals surface area (Å²) in [5.41, 5.74) is 4.25. The van der Waals surface area contributed by atoms with Gasteiger partial charge in [0.1, 0.15) is 28.4 Å². The SMILES string of the molecule is Cc1ccc(Oc2ccc(OCC(=O)Nn3cnc4sc(C)c(C)c4c3=O)cc2)cc1. The van der Waals surface area contributed by atoms with E-state index in [0.29, 0.717) is 21.7 Å². The van der Waals surface area contributed by atoms with E-state index < -0.39 is 5.91 Å². The topological polar surface area (TPSA) is 82.4 Å². The molecular formula is C23H21N3O4S. The predicted molar refractivity (Wildman–Crippen MR) is 121 cm³/mol. The van der Waals surface area contributed by atoms with Crippen LogP contribution in [-0.2, 0) is 4.79 Å². The predicted octanol–water partition coefficient (Wildman–Crippen LogP) is 4.32. The van der Waals surface area contributed by atoms with Gasteiger partial charge in [-0.05, 0) is 62.7 Å². The van der Waals surface area contributed by atoms with E-state index in [-0.39, 0.29) is 12.2 Å². The van der Waals surface area contributed by atoms with Gasteiger partial charge in [0, 0.05) is 4.88 Å². The van der Waals surface area contributed by atoms with Gasteiger partial charge < -0.3 is 9.47 Å². The average molecular weight is 436 g/mol. The molecule has 4 rings (SSSR count). The number of nitrogens with zero attached hydrogens (tertiary/aromatic N) is 2. The van der Waals surface area contributed by atoms with Crippen molar-refractivity contribution in [2.75, 3.05) is 12.0 Å². The number of thiophene rings is 1. The molecule has 31 heavy (non-hydrogen) atoms. The van der Waals surface area contributed by atoms with Crippen LogP contribution in [0.15, 0.2) is 59.7 Å². The smallest absolute Gasteiger partial charge is 0.281 e. The van der Waals surface area contributed by atoms with Crippen molar-refractivity contribution in [3.05, 3.63) is 81.2 Å². The first-order valence-electron chi connectivity index (χ1n) is 9.65. The van der Waals surface area contributed by atoms with Gasteiger partial charge >= 0.3 is 0 Å². The number of nitrogens with one attached hydrogen (secondary N) is 1. The van der Waals surface area contributed by atoms with Gasteiger partial charge in [0.05, 0.1) is 5.39 Å². The molecule has 2 aromatic carbocycles. The van der Waals surface area contributed by atoms with Gasteiger partial charge in [-0.1, -0.05) is 17.7 Å². The quantitative estimate of drug-likeness (QED) is 0.488. The van der Waals surface area contributed by atoms with Crippen molar-refractivity contribution in [3.63, 3.8) is 0 Å². The number of benzene rings is 2. The second kappa shape index (κ2) is 8.61. The minimum atomic E-state index is -0.465. The van der Waals surface area contributed by atoms with E-state index in [0.717, 1.165) is 26.4 Å². The van der Waals surface area contributed by atoms with Gasteiger partial charge in [0.25, 0.3) is 11.5 Å². The summed E-state index contributed by atoms with van der Waals surface area (Å²) in [6.45, 7) is 5.58. The molecule has 0 bridgehead atoms. The van der Waals surface area contributed by atoms with Crippen molar-refractivity contribution >= 4 is 27.5 Å². The van der Waals surface area contributed by atoms with Crippen molar-refractivity contribution in [2.45, 2.75) is 20.8 Å². The van der Waals surface area contributed by atoms with Crippen LogP contribution in [0, 0.1) is 20.8 Å². The van der Waals surface area contributed by atoms with Crippen molar-refractivity contribution in [1.29, 1.82) is 0 Å². The third kappa shape index (κ3) is 4.59. The molecule has 1 amide bonds. The highest BCUT2D eigenvalue weighted by atomic mass is 32.1. The number of rotatable bonds is 6. The molecule has 2 heterocycles. The van der Waals surface area contributed by atoms with Crippen LogP contribution in [0.5, 0.6) is 17.2 Å². The highest BCUT2D eigenvalue weighted by molar-refractivity contribution is 7.18. The molecule has 0 saturated carbocycles. The molecule has 0 saturated heterocycles. The second-order valence-electron chi connectivity index (χ2n) is 7.09. The van der Waals surface area contributed by atoms with E-state index in [1.807, 2.05) is 45.0 Å². The molecule has 158 valence electrons. The van der Waals surface area contributed by atoms with Crippen LogP contribution in [0.2, 0.25) is 0 Å². The molecule has 0 aliphatic heterocycles. The number of ether oxygens (including phenoxy) is 2. The lowest BCUT2D eigenvalue weighted by Gasteiger charge is -2.10. The van der Waals surface area contributed by atoms with Gasteiger partial charge in [-0.15, -0.1) is 11.3 Å². The Morgan fingerprint density at radius 1 is 1.00 bits per heavy atom. The first-order valence-corrected chi connectivity index (χ1v) is 10.5. The lowest BCUT2D eigenvalue weighted by atomic mass is 10.2. The summed E-state index contributed by atoms with van der Waals surface area (Å²) in [4.78, 5) is 30.8. The average Bonchev–Trinajstić information content (AvgIpc) is 3.05. The molecular weight excluding hydrogens is 414 g/mol. The summed E-state index contributed by atoms with van der Waals surface area (Å²) >= 11 is 1.46. The number of aromatic nitrogens is 2. The number of hydrogen-bond acceptors (Lipinski definition) is 6. The molecule has 0 spiro atoms. The van der Waals surface area contributed by atoms with Crippen molar-refractivity contribution in [2.24, 2.45) is 0 Å². The fraction of sp³-hybridized carbons (Fsp3) is 0.174. The maximum Gasteiger partial charge on any atom is 0.281 e. The van der Waals surface area contributed by atoms with Crippen molar-refractivity contribution in [1.82, 2.24) is 9.66 Å². The van der Waals surface area contributed by atoms with Gasteiger partial charge in [0.15, 0.2) is 6.61 Å². The summed E-state index contributed by atoms with van der Waals surface area (Å²) in [6.07, 6.45) is 1.31. The number of aryl methyl sites for hydroxylation is 3. The fourth-order valence-corrected chi connectivity index (χ4v) is 3.96. The number of fused-ring (bicyclic) bond motifs is 1. The Kier molecular flexibility index (Phi) is 5.73. The molecule has 0 fully saturated rings. The summed E-state index contributed by atoms with van der Waals surface area (Å²) in [6, 6.07) is 14.7. The Bertz CT molecular complexity index is 1290. The summed E-state index contributed by atoms with van der Waals surface area (Å²) in [7, 11) is 0. The van der Waals surface area contributed by atoms with Crippen LogP contribution in [0.25, 0.3) is 10.2 Å². The third-order valence-electron chi connectivity index (χ3n) is 4.79. The molecule has 2 aromatic heterocycles. The minimum absolute atomic E-state index is 0.246. The minimum Gasteiger partial charge on any atom is -0.484 e. The number of carbonyl (C=O) groups excluding carboxylic acids is 1.